The zero-order chi connectivity index (χ0) is 25.2. The Hall–Kier alpha value is -3.39. The van der Waals surface area contributed by atoms with Crippen LogP contribution in [0.4, 0.5) is 23.2 Å². The third kappa shape index (κ3) is 5.32. The van der Waals surface area contributed by atoms with Gasteiger partial charge in [0, 0.05) is 18.2 Å². The lowest BCUT2D eigenvalue weighted by Crippen LogP contribution is -2.48. The van der Waals surface area contributed by atoms with Crippen molar-refractivity contribution < 1.29 is 27.5 Å². The average molecular weight is 487 g/mol. The van der Waals surface area contributed by atoms with Gasteiger partial charge in [-0.25, -0.2) is 4.39 Å². The predicted molar refractivity (Wildman–Crippen MR) is 125 cm³/mol. The van der Waals surface area contributed by atoms with E-state index >= 15 is 0 Å². The summed E-state index contributed by atoms with van der Waals surface area (Å²) in [7, 11) is 0. The maximum absolute atomic E-state index is 14.7. The molecule has 4 rings (SSSR count). The number of rotatable bonds is 5. The number of benzene rings is 3. The van der Waals surface area contributed by atoms with Crippen molar-refractivity contribution in [3.8, 4) is 0 Å². The number of nitrogens with one attached hydrogen (secondary N) is 1. The molecule has 4 nitrogen and oxygen atoms in total. The molecule has 35 heavy (non-hydrogen) atoms. The number of anilines is 1. The molecule has 3 atom stereocenters. The second kappa shape index (κ2) is 10.1. The van der Waals surface area contributed by atoms with Crippen molar-refractivity contribution in [2.24, 2.45) is 5.92 Å². The molecule has 0 saturated carbocycles. The van der Waals surface area contributed by atoms with Crippen LogP contribution in [-0.4, -0.2) is 28.7 Å². The van der Waals surface area contributed by atoms with Gasteiger partial charge in [0.1, 0.15) is 12.0 Å². The van der Waals surface area contributed by atoms with Crippen molar-refractivity contribution >= 4 is 11.6 Å². The van der Waals surface area contributed by atoms with Gasteiger partial charge in [0.05, 0.1) is 17.2 Å². The van der Waals surface area contributed by atoms with Crippen LogP contribution in [0.2, 0.25) is 0 Å². The summed E-state index contributed by atoms with van der Waals surface area (Å²) in [6.45, 7) is 2.03. The summed E-state index contributed by atoms with van der Waals surface area (Å²) in [6.07, 6.45) is -4.69. The monoisotopic (exact) mass is 486 g/mol. The summed E-state index contributed by atoms with van der Waals surface area (Å²) in [5, 5.41) is 13.9. The number of nitrogens with zero attached hydrogens (tertiary/aromatic N) is 1. The van der Waals surface area contributed by atoms with E-state index in [0.29, 0.717) is 24.9 Å². The quantitative estimate of drug-likeness (QED) is 0.335. The summed E-state index contributed by atoms with van der Waals surface area (Å²) >= 11 is 0. The molecule has 1 amide bonds. The highest BCUT2D eigenvalue weighted by atomic mass is 19.4. The Labute approximate surface area is 201 Å². The SMILES string of the molecule is Cc1cccc(F)c1C(=O)N1CCCC([C@@H](O)Nc2cccc(C(F)(F)F)c2)[C@@H]1c1ccccc1. The van der Waals surface area contributed by atoms with Gasteiger partial charge in [-0.2, -0.15) is 13.2 Å². The second-order valence-corrected chi connectivity index (χ2v) is 8.76. The summed E-state index contributed by atoms with van der Waals surface area (Å²) in [6, 6.07) is 17.6. The highest BCUT2D eigenvalue weighted by molar-refractivity contribution is 5.96. The lowest BCUT2D eigenvalue weighted by atomic mass is 9.82. The summed E-state index contributed by atoms with van der Waals surface area (Å²) < 4.78 is 54.1. The molecule has 184 valence electrons. The van der Waals surface area contributed by atoms with Crippen molar-refractivity contribution in [2.45, 2.75) is 38.2 Å². The van der Waals surface area contributed by atoms with Crippen LogP contribution in [0.5, 0.6) is 0 Å². The van der Waals surface area contributed by atoms with E-state index in [-0.39, 0.29) is 11.3 Å². The van der Waals surface area contributed by atoms with Gasteiger partial charge >= 0.3 is 6.18 Å². The summed E-state index contributed by atoms with van der Waals surface area (Å²) in [5.74, 6) is -1.64. The molecule has 1 heterocycles. The number of aliphatic hydroxyl groups is 1. The van der Waals surface area contributed by atoms with Crippen LogP contribution in [-0.2, 0) is 6.18 Å². The number of piperidine rings is 1. The number of carbonyl (C=O) groups is 1. The fourth-order valence-electron chi connectivity index (χ4n) is 4.77. The van der Waals surface area contributed by atoms with Gasteiger partial charge in [0.2, 0.25) is 0 Å². The molecular formula is C27H26F4N2O2. The number of alkyl halides is 3. The van der Waals surface area contributed by atoms with Gasteiger partial charge in [0.15, 0.2) is 0 Å². The third-order valence-corrected chi connectivity index (χ3v) is 6.43. The van der Waals surface area contributed by atoms with Gasteiger partial charge in [-0.05, 0) is 55.2 Å². The Morgan fingerprint density at radius 1 is 1.06 bits per heavy atom. The molecule has 0 aliphatic carbocycles. The van der Waals surface area contributed by atoms with Crippen molar-refractivity contribution in [3.05, 3.63) is 101 Å². The Bertz CT molecular complexity index is 1160. The molecule has 0 aromatic heterocycles. The number of hydrogen-bond donors (Lipinski definition) is 2. The van der Waals surface area contributed by atoms with E-state index in [4.69, 9.17) is 0 Å². The van der Waals surface area contributed by atoms with E-state index in [9.17, 15) is 27.5 Å². The zero-order valence-electron chi connectivity index (χ0n) is 19.1. The normalized spacial score (nSPS) is 19.3. The maximum Gasteiger partial charge on any atom is 0.416 e. The first-order valence-corrected chi connectivity index (χ1v) is 11.4. The first kappa shape index (κ1) is 24.7. The standard InChI is InChI=1S/C27H26F4N2O2/c1-17-8-5-14-22(28)23(17)26(35)33-15-7-13-21(24(33)18-9-3-2-4-10-18)25(34)32-20-12-6-11-19(16-20)27(29,30)31/h2-6,8-12,14,16,21,24-25,32,34H,7,13,15H2,1H3/t21?,24-,25+/m0/s1. The minimum Gasteiger partial charge on any atom is -0.373 e. The predicted octanol–water partition coefficient (Wildman–Crippen LogP) is 6.18. The van der Waals surface area contributed by atoms with E-state index in [1.807, 2.05) is 30.3 Å². The van der Waals surface area contributed by atoms with Crippen LogP contribution in [0.15, 0.2) is 72.8 Å². The summed E-state index contributed by atoms with van der Waals surface area (Å²) in [5.41, 5.74) is 0.530. The minimum atomic E-state index is -4.51. The number of carbonyl (C=O) groups excluding carboxylic acids is 1. The van der Waals surface area contributed by atoms with Gasteiger partial charge in [-0.3, -0.25) is 4.79 Å². The van der Waals surface area contributed by atoms with Crippen LogP contribution >= 0.6 is 0 Å². The molecule has 1 aliphatic rings. The van der Waals surface area contributed by atoms with Gasteiger partial charge < -0.3 is 15.3 Å². The lowest BCUT2D eigenvalue weighted by Gasteiger charge is -2.44. The van der Waals surface area contributed by atoms with Gasteiger partial charge in [-0.1, -0.05) is 48.5 Å². The van der Waals surface area contributed by atoms with Crippen molar-refractivity contribution in [1.82, 2.24) is 4.90 Å². The molecule has 1 fully saturated rings. The van der Waals surface area contributed by atoms with Crippen LogP contribution in [0.3, 0.4) is 0 Å². The van der Waals surface area contributed by atoms with Crippen molar-refractivity contribution in [2.75, 3.05) is 11.9 Å². The lowest BCUT2D eigenvalue weighted by molar-refractivity contribution is -0.137. The topological polar surface area (TPSA) is 52.6 Å². The molecule has 3 aromatic rings. The fraction of sp³-hybridized carbons (Fsp3) is 0.296. The number of aliphatic hydroxyl groups excluding tert-OH is 1. The first-order valence-electron chi connectivity index (χ1n) is 11.4. The largest absolute Gasteiger partial charge is 0.416 e. The van der Waals surface area contributed by atoms with Crippen LogP contribution < -0.4 is 5.32 Å². The third-order valence-electron chi connectivity index (χ3n) is 6.43. The summed E-state index contributed by atoms with van der Waals surface area (Å²) in [4.78, 5) is 15.1. The van der Waals surface area contributed by atoms with Crippen molar-refractivity contribution in [1.29, 1.82) is 0 Å². The Kier molecular flexibility index (Phi) is 7.12. The van der Waals surface area contributed by atoms with Crippen LogP contribution in [0, 0.1) is 18.7 Å². The number of halogens is 4. The number of hydrogen-bond acceptors (Lipinski definition) is 3. The van der Waals surface area contributed by atoms with E-state index in [1.165, 1.54) is 24.3 Å². The number of aryl methyl sites for hydroxylation is 1. The van der Waals surface area contributed by atoms with E-state index in [2.05, 4.69) is 5.32 Å². The molecule has 0 radical (unpaired) electrons. The Balaban J connectivity index is 1.68. The molecule has 1 aliphatic heterocycles. The fourth-order valence-corrected chi connectivity index (χ4v) is 4.77. The smallest absolute Gasteiger partial charge is 0.373 e. The molecule has 1 saturated heterocycles. The van der Waals surface area contributed by atoms with Crippen LogP contribution in [0.1, 0.15) is 45.9 Å². The Morgan fingerprint density at radius 2 is 1.77 bits per heavy atom. The number of likely N-dealkylation sites (tertiary alicyclic amines) is 1. The average Bonchev–Trinajstić information content (AvgIpc) is 2.83. The van der Waals surface area contributed by atoms with E-state index in [0.717, 1.165) is 17.7 Å². The highest BCUT2D eigenvalue weighted by Crippen LogP contribution is 2.40. The molecule has 3 aromatic carbocycles. The van der Waals surface area contributed by atoms with Gasteiger partial charge in [0.25, 0.3) is 5.91 Å². The molecule has 0 bridgehead atoms. The highest BCUT2D eigenvalue weighted by Gasteiger charge is 2.40. The molecule has 1 unspecified atom stereocenters. The molecule has 0 spiro atoms. The van der Waals surface area contributed by atoms with Crippen LogP contribution in [0.25, 0.3) is 0 Å². The molecule has 8 heteroatoms. The maximum atomic E-state index is 14.7. The first-order chi connectivity index (χ1) is 16.7. The van der Waals surface area contributed by atoms with Gasteiger partial charge in [-0.15, -0.1) is 0 Å². The van der Waals surface area contributed by atoms with Crippen molar-refractivity contribution in [3.63, 3.8) is 0 Å². The molecular weight excluding hydrogens is 460 g/mol. The minimum absolute atomic E-state index is 0.0191. The number of amides is 1. The zero-order valence-corrected chi connectivity index (χ0v) is 19.1. The van der Waals surface area contributed by atoms with E-state index < -0.39 is 41.7 Å². The van der Waals surface area contributed by atoms with E-state index in [1.54, 1.807) is 17.9 Å². The second-order valence-electron chi connectivity index (χ2n) is 8.76. The molecule has 2 N–H and O–H groups in total. The Morgan fingerprint density at radius 3 is 2.46 bits per heavy atom.